The van der Waals surface area contributed by atoms with E-state index in [1.54, 1.807) is 18.2 Å². The van der Waals surface area contributed by atoms with Gasteiger partial charge in [-0.3, -0.25) is 4.79 Å². The lowest BCUT2D eigenvalue weighted by Crippen LogP contribution is -2.22. The van der Waals surface area contributed by atoms with Gasteiger partial charge in [0.1, 0.15) is 12.4 Å². The fourth-order valence-electron chi connectivity index (χ4n) is 2.06. The maximum Gasteiger partial charge on any atom is 0.243 e. The molecule has 0 saturated heterocycles. The Kier molecular flexibility index (Phi) is 7.85. The highest BCUT2D eigenvalue weighted by Gasteiger charge is 2.08. The first-order valence-electron chi connectivity index (χ1n) is 7.88. The Balaban J connectivity index is 1.90. The van der Waals surface area contributed by atoms with E-state index in [0.717, 1.165) is 5.69 Å². The van der Waals surface area contributed by atoms with Crippen LogP contribution in [0, 0.1) is 0 Å². The molecule has 134 valence electrons. The minimum absolute atomic E-state index is 0.0642. The van der Waals surface area contributed by atoms with Gasteiger partial charge in [0, 0.05) is 11.6 Å². The largest absolute Gasteiger partial charge is 0.489 e. The summed E-state index contributed by atoms with van der Waals surface area (Å²) in [6.45, 7) is 3.60. The Morgan fingerprint density at radius 1 is 1.08 bits per heavy atom. The Labute approximate surface area is 157 Å². The zero-order valence-electron chi connectivity index (χ0n) is 13.9. The number of para-hydroxylation sites is 2. The zero-order valence-corrected chi connectivity index (χ0v) is 15.4. The van der Waals surface area contributed by atoms with E-state index >= 15 is 0 Å². The maximum atomic E-state index is 12.1. The smallest absolute Gasteiger partial charge is 0.243 e. The molecule has 0 heterocycles. The first-order chi connectivity index (χ1) is 12.1. The Morgan fingerprint density at radius 2 is 1.88 bits per heavy atom. The maximum absolute atomic E-state index is 12.1. The molecule has 2 aromatic rings. The van der Waals surface area contributed by atoms with Crippen LogP contribution in [0.3, 0.4) is 0 Å². The highest BCUT2D eigenvalue weighted by Crippen LogP contribution is 2.26. The summed E-state index contributed by atoms with van der Waals surface area (Å²) in [4.78, 5) is 12.1. The van der Waals surface area contributed by atoms with Crippen LogP contribution in [-0.4, -0.2) is 32.3 Å². The number of benzene rings is 2. The first kappa shape index (κ1) is 19.4. The van der Waals surface area contributed by atoms with Gasteiger partial charge in [-0.05, 0) is 37.3 Å². The second-order valence-corrected chi connectivity index (χ2v) is 5.91. The molecule has 0 aliphatic carbocycles. The van der Waals surface area contributed by atoms with Crippen molar-refractivity contribution >= 4 is 40.5 Å². The highest BCUT2D eigenvalue weighted by atomic mass is 35.5. The van der Waals surface area contributed by atoms with Crippen LogP contribution in [0.25, 0.3) is 0 Å². The minimum Gasteiger partial charge on any atom is -0.489 e. The molecule has 5 nitrogen and oxygen atoms in total. The lowest BCUT2D eigenvalue weighted by atomic mass is 10.3. The van der Waals surface area contributed by atoms with Crippen LogP contribution in [-0.2, 0) is 9.53 Å². The number of carbonyl (C=O) groups excluding carboxylic acids is 1. The quantitative estimate of drug-likeness (QED) is 0.628. The van der Waals surface area contributed by atoms with E-state index in [9.17, 15) is 4.79 Å². The van der Waals surface area contributed by atoms with Crippen molar-refractivity contribution < 1.29 is 14.3 Å². The molecule has 2 rings (SSSR count). The minimum atomic E-state index is -0.242. The van der Waals surface area contributed by atoms with Gasteiger partial charge in [-0.2, -0.15) is 0 Å². The summed E-state index contributed by atoms with van der Waals surface area (Å²) in [5.74, 6) is 0.420. The number of hydrogen-bond acceptors (Lipinski definition) is 4. The highest BCUT2D eigenvalue weighted by molar-refractivity contribution is 6.35. The summed E-state index contributed by atoms with van der Waals surface area (Å²) in [7, 11) is 0. The zero-order chi connectivity index (χ0) is 18.1. The van der Waals surface area contributed by atoms with Gasteiger partial charge in [0.25, 0.3) is 0 Å². The van der Waals surface area contributed by atoms with Crippen LogP contribution in [0.2, 0.25) is 10.0 Å². The van der Waals surface area contributed by atoms with Gasteiger partial charge >= 0.3 is 0 Å². The molecule has 0 aliphatic rings. The third-order valence-corrected chi connectivity index (χ3v) is 3.78. The fourth-order valence-corrected chi connectivity index (χ4v) is 2.39. The van der Waals surface area contributed by atoms with E-state index in [1.807, 2.05) is 31.2 Å². The van der Waals surface area contributed by atoms with Crippen LogP contribution in [0.4, 0.5) is 11.4 Å². The van der Waals surface area contributed by atoms with Crippen molar-refractivity contribution in [2.24, 2.45) is 0 Å². The lowest BCUT2D eigenvalue weighted by molar-refractivity contribution is -0.114. The molecule has 0 atom stereocenters. The van der Waals surface area contributed by atoms with Crippen molar-refractivity contribution in [3.8, 4) is 5.75 Å². The average molecular weight is 383 g/mol. The van der Waals surface area contributed by atoms with E-state index in [1.165, 1.54) is 0 Å². The van der Waals surface area contributed by atoms with Crippen molar-refractivity contribution in [1.82, 2.24) is 0 Å². The van der Waals surface area contributed by atoms with Crippen molar-refractivity contribution in [2.45, 2.75) is 6.92 Å². The molecular formula is C18H20Cl2N2O3. The standard InChI is InChI=1S/C18H20Cl2N2O3/c1-2-24-9-10-25-17-6-4-3-5-15(17)21-12-18(23)22-16-11-13(19)7-8-14(16)20/h3-8,11,21H,2,9-10,12H2,1H3,(H,22,23). The molecule has 0 aliphatic heterocycles. The summed E-state index contributed by atoms with van der Waals surface area (Å²) in [6.07, 6.45) is 0. The number of rotatable bonds is 9. The molecule has 7 heteroatoms. The number of nitrogens with one attached hydrogen (secondary N) is 2. The molecule has 1 amide bonds. The summed E-state index contributed by atoms with van der Waals surface area (Å²) >= 11 is 12.0. The molecular weight excluding hydrogens is 363 g/mol. The number of carbonyl (C=O) groups is 1. The normalized spacial score (nSPS) is 10.4. The van der Waals surface area contributed by atoms with Gasteiger partial charge < -0.3 is 20.1 Å². The van der Waals surface area contributed by atoms with Gasteiger partial charge in [-0.15, -0.1) is 0 Å². The Bertz CT molecular complexity index is 710. The Hall–Kier alpha value is -1.95. The molecule has 0 fully saturated rings. The van der Waals surface area contributed by atoms with Crippen LogP contribution in [0.1, 0.15) is 6.92 Å². The van der Waals surface area contributed by atoms with Gasteiger partial charge in [-0.1, -0.05) is 35.3 Å². The number of anilines is 2. The Morgan fingerprint density at radius 3 is 2.68 bits per heavy atom. The monoisotopic (exact) mass is 382 g/mol. The number of ether oxygens (including phenoxy) is 2. The van der Waals surface area contributed by atoms with Gasteiger partial charge in [0.15, 0.2) is 0 Å². The van der Waals surface area contributed by atoms with E-state index in [0.29, 0.717) is 41.3 Å². The molecule has 0 aromatic heterocycles. The van der Waals surface area contributed by atoms with Crippen molar-refractivity contribution in [2.75, 3.05) is 37.0 Å². The lowest BCUT2D eigenvalue weighted by Gasteiger charge is -2.13. The molecule has 25 heavy (non-hydrogen) atoms. The van der Waals surface area contributed by atoms with Crippen LogP contribution in [0.15, 0.2) is 42.5 Å². The third-order valence-electron chi connectivity index (χ3n) is 3.22. The number of amides is 1. The molecule has 0 unspecified atom stereocenters. The van der Waals surface area contributed by atoms with Crippen molar-refractivity contribution in [1.29, 1.82) is 0 Å². The third kappa shape index (κ3) is 6.46. The first-order valence-corrected chi connectivity index (χ1v) is 8.64. The molecule has 0 radical (unpaired) electrons. The average Bonchev–Trinajstić information content (AvgIpc) is 2.61. The molecule has 0 spiro atoms. The molecule has 2 aromatic carbocycles. The summed E-state index contributed by atoms with van der Waals surface area (Å²) in [6, 6.07) is 12.3. The van der Waals surface area contributed by atoms with E-state index in [2.05, 4.69) is 10.6 Å². The fraction of sp³-hybridized carbons (Fsp3) is 0.278. The second-order valence-electron chi connectivity index (χ2n) is 5.07. The van der Waals surface area contributed by atoms with Crippen molar-refractivity contribution in [3.63, 3.8) is 0 Å². The van der Waals surface area contributed by atoms with Gasteiger partial charge in [-0.25, -0.2) is 0 Å². The predicted octanol–water partition coefficient (Wildman–Crippen LogP) is 4.46. The number of hydrogen-bond donors (Lipinski definition) is 2. The summed E-state index contributed by atoms with van der Waals surface area (Å²) in [5, 5.41) is 6.71. The van der Waals surface area contributed by atoms with Gasteiger partial charge in [0.2, 0.25) is 5.91 Å². The van der Waals surface area contributed by atoms with E-state index in [-0.39, 0.29) is 12.5 Å². The topological polar surface area (TPSA) is 59.6 Å². The van der Waals surface area contributed by atoms with E-state index < -0.39 is 0 Å². The van der Waals surface area contributed by atoms with Gasteiger partial charge in [0.05, 0.1) is 29.5 Å². The van der Waals surface area contributed by atoms with Crippen LogP contribution >= 0.6 is 23.2 Å². The van der Waals surface area contributed by atoms with Crippen molar-refractivity contribution in [3.05, 3.63) is 52.5 Å². The molecule has 0 saturated carbocycles. The van der Waals surface area contributed by atoms with Crippen LogP contribution in [0.5, 0.6) is 5.75 Å². The summed E-state index contributed by atoms with van der Waals surface area (Å²) < 4.78 is 10.9. The predicted molar refractivity (Wildman–Crippen MR) is 102 cm³/mol. The SMILES string of the molecule is CCOCCOc1ccccc1NCC(=O)Nc1cc(Cl)ccc1Cl. The molecule has 0 bridgehead atoms. The van der Waals surface area contributed by atoms with E-state index in [4.69, 9.17) is 32.7 Å². The summed E-state index contributed by atoms with van der Waals surface area (Å²) in [5.41, 5.74) is 1.20. The van der Waals surface area contributed by atoms with Crippen LogP contribution < -0.4 is 15.4 Å². The number of halogens is 2. The molecule has 2 N–H and O–H groups in total. The second kappa shape index (κ2) is 10.1.